The van der Waals surface area contributed by atoms with E-state index in [1.807, 2.05) is 37.3 Å². The molecule has 0 aliphatic carbocycles. The van der Waals surface area contributed by atoms with E-state index in [9.17, 15) is 18.0 Å². The molecule has 0 fully saturated rings. The lowest BCUT2D eigenvalue weighted by molar-refractivity contribution is -0.117. The number of aryl methyl sites for hydroxylation is 1. The minimum atomic E-state index is -3.68. The van der Waals surface area contributed by atoms with E-state index in [0.717, 1.165) is 11.1 Å². The second kappa shape index (κ2) is 10.7. The first-order chi connectivity index (χ1) is 16.8. The molecule has 1 unspecified atom stereocenters. The van der Waals surface area contributed by atoms with Crippen LogP contribution < -0.4 is 20.8 Å². The van der Waals surface area contributed by atoms with Crippen molar-refractivity contribution >= 4 is 33.2 Å². The van der Waals surface area contributed by atoms with Gasteiger partial charge in [-0.2, -0.15) is 0 Å². The van der Waals surface area contributed by atoms with Crippen LogP contribution in [0.3, 0.4) is 0 Å². The number of hydroxylamine groups is 1. The summed E-state index contributed by atoms with van der Waals surface area (Å²) in [7, 11) is -3.68. The van der Waals surface area contributed by atoms with Crippen molar-refractivity contribution in [3.05, 3.63) is 89.5 Å². The first-order valence-corrected chi connectivity index (χ1v) is 12.5. The Morgan fingerprint density at radius 3 is 2.49 bits per heavy atom. The highest BCUT2D eigenvalue weighted by molar-refractivity contribution is 7.89. The van der Waals surface area contributed by atoms with Gasteiger partial charge in [0.05, 0.1) is 22.9 Å². The average molecular weight is 495 g/mol. The van der Waals surface area contributed by atoms with E-state index in [2.05, 4.69) is 20.8 Å². The van der Waals surface area contributed by atoms with Crippen molar-refractivity contribution in [2.45, 2.75) is 30.9 Å². The highest BCUT2D eigenvalue weighted by atomic mass is 32.2. The summed E-state index contributed by atoms with van der Waals surface area (Å²) in [4.78, 5) is 30.4. The van der Waals surface area contributed by atoms with Crippen molar-refractivity contribution in [3.8, 4) is 0 Å². The molecule has 0 saturated carbocycles. The van der Waals surface area contributed by atoms with Crippen LogP contribution >= 0.6 is 0 Å². The number of sulfonamides is 1. The minimum absolute atomic E-state index is 0.0597. The minimum Gasteiger partial charge on any atom is -0.372 e. The number of hydrogen-bond acceptors (Lipinski definition) is 6. The molecule has 0 radical (unpaired) electrons. The normalized spacial score (nSPS) is 15.0. The third-order valence-corrected chi connectivity index (χ3v) is 6.97. The molecule has 3 aromatic rings. The van der Waals surface area contributed by atoms with Crippen LogP contribution in [-0.2, 0) is 26.3 Å². The number of amides is 2. The Kier molecular flexibility index (Phi) is 7.45. The van der Waals surface area contributed by atoms with E-state index in [-0.39, 0.29) is 30.4 Å². The summed E-state index contributed by atoms with van der Waals surface area (Å²) in [6.07, 6.45) is 0.215. The lowest BCUT2D eigenvalue weighted by Crippen LogP contribution is -2.41. The molecule has 3 aromatic carbocycles. The molecule has 1 aliphatic heterocycles. The molecule has 4 rings (SSSR count). The van der Waals surface area contributed by atoms with Crippen LogP contribution in [0, 0.1) is 6.92 Å². The molecule has 1 atom stereocenters. The zero-order valence-corrected chi connectivity index (χ0v) is 19.9. The van der Waals surface area contributed by atoms with Gasteiger partial charge in [-0.15, -0.1) is 0 Å². The van der Waals surface area contributed by atoms with Crippen LogP contribution in [-0.4, -0.2) is 32.8 Å². The van der Waals surface area contributed by atoms with E-state index in [4.69, 9.17) is 4.84 Å². The smallest absolute Gasteiger partial charge is 0.274 e. The van der Waals surface area contributed by atoms with Gasteiger partial charge in [0.25, 0.3) is 5.91 Å². The fraction of sp³-hybridized carbons (Fsp3) is 0.200. The zero-order valence-electron chi connectivity index (χ0n) is 19.1. The molecule has 182 valence electrons. The van der Waals surface area contributed by atoms with E-state index in [1.54, 1.807) is 30.3 Å². The zero-order chi connectivity index (χ0) is 24.8. The monoisotopic (exact) mass is 494 g/mol. The van der Waals surface area contributed by atoms with Crippen molar-refractivity contribution < 1.29 is 22.8 Å². The van der Waals surface area contributed by atoms with Crippen molar-refractivity contribution in [1.82, 2.24) is 10.2 Å². The second-order valence-electron chi connectivity index (χ2n) is 8.15. The van der Waals surface area contributed by atoms with Crippen molar-refractivity contribution in [3.63, 3.8) is 0 Å². The predicted molar refractivity (Wildman–Crippen MR) is 132 cm³/mol. The number of carbonyl (C=O) groups is 2. The molecule has 9 nitrogen and oxygen atoms in total. The van der Waals surface area contributed by atoms with Crippen molar-refractivity contribution in [2.24, 2.45) is 0 Å². The summed E-state index contributed by atoms with van der Waals surface area (Å²) in [6, 6.07) is 20.1. The highest BCUT2D eigenvalue weighted by Crippen LogP contribution is 2.28. The average Bonchev–Trinajstić information content (AvgIpc) is 2.85. The number of fused-ring (bicyclic) bond motifs is 1. The largest absolute Gasteiger partial charge is 0.372 e. The van der Waals surface area contributed by atoms with Gasteiger partial charge in [-0.05, 0) is 49.2 Å². The lowest BCUT2D eigenvalue weighted by Gasteiger charge is -2.27. The third-order valence-electron chi connectivity index (χ3n) is 5.49. The third kappa shape index (κ3) is 6.24. The van der Waals surface area contributed by atoms with E-state index >= 15 is 0 Å². The number of rotatable bonds is 9. The molecular formula is C25H26N4O5S. The van der Waals surface area contributed by atoms with Crippen LogP contribution in [0.25, 0.3) is 0 Å². The maximum Gasteiger partial charge on any atom is 0.274 e. The molecule has 1 heterocycles. The molecule has 10 heteroatoms. The molecule has 4 N–H and O–H groups in total. The topological polar surface area (TPSA) is 126 Å². The second-order valence-corrected chi connectivity index (χ2v) is 9.92. The number of hydrogen-bond donors (Lipinski definition) is 4. The van der Waals surface area contributed by atoms with Gasteiger partial charge >= 0.3 is 0 Å². The first-order valence-electron chi connectivity index (χ1n) is 11.1. The van der Waals surface area contributed by atoms with Gasteiger partial charge < -0.3 is 10.6 Å². The van der Waals surface area contributed by atoms with Gasteiger partial charge in [-0.25, -0.2) is 18.6 Å². The van der Waals surface area contributed by atoms with E-state index in [0.29, 0.717) is 16.9 Å². The van der Waals surface area contributed by atoms with Gasteiger partial charge in [0, 0.05) is 12.1 Å². The Bertz CT molecular complexity index is 1310. The summed E-state index contributed by atoms with van der Waals surface area (Å²) in [5.41, 5.74) is 5.74. The Labute approximate surface area is 203 Å². The Morgan fingerprint density at radius 2 is 1.74 bits per heavy atom. The summed E-state index contributed by atoms with van der Waals surface area (Å²) >= 11 is 0. The summed E-state index contributed by atoms with van der Waals surface area (Å²) in [5.74, 6) is -0.708. The van der Waals surface area contributed by atoms with Crippen LogP contribution in [0.4, 0.5) is 11.4 Å². The SMILES string of the molecule is Cc1ccc(S(=O)(=O)NCCC2Nc3cc(C(=O)NOCc4ccccc4)ccc3NC2=O)cc1. The maximum absolute atomic E-state index is 12.5. The van der Waals surface area contributed by atoms with Gasteiger partial charge in [-0.1, -0.05) is 48.0 Å². The van der Waals surface area contributed by atoms with Gasteiger partial charge in [0.1, 0.15) is 6.04 Å². The quantitative estimate of drug-likeness (QED) is 0.339. The van der Waals surface area contributed by atoms with Gasteiger partial charge in [-0.3, -0.25) is 14.4 Å². The van der Waals surface area contributed by atoms with E-state index < -0.39 is 22.0 Å². The molecule has 0 aromatic heterocycles. The van der Waals surface area contributed by atoms with E-state index in [1.165, 1.54) is 12.1 Å². The summed E-state index contributed by atoms with van der Waals surface area (Å²) in [6.45, 7) is 2.17. The predicted octanol–water partition coefficient (Wildman–Crippen LogP) is 2.96. The van der Waals surface area contributed by atoms with Crippen LogP contribution in [0.2, 0.25) is 0 Å². The highest BCUT2D eigenvalue weighted by Gasteiger charge is 2.26. The maximum atomic E-state index is 12.5. The molecule has 0 saturated heterocycles. The number of carbonyl (C=O) groups excluding carboxylic acids is 2. The number of anilines is 2. The Balaban J connectivity index is 1.33. The summed E-state index contributed by atoms with van der Waals surface area (Å²) < 4.78 is 27.5. The molecule has 1 aliphatic rings. The Hall–Kier alpha value is -3.73. The molecule has 0 spiro atoms. The number of nitrogens with one attached hydrogen (secondary N) is 4. The van der Waals surface area contributed by atoms with Gasteiger partial charge in [0.2, 0.25) is 15.9 Å². The standard InChI is InChI=1S/C25H26N4O5S/c1-17-7-10-20(11-8-17)35(32,33)26-14-13-22-25(31)28-21-12-9-19(15-23(21)27-22)24(30)29-34-16-18-5-3-2-4-6-18/h2-12,15,22,26-27H,13-14,16H2,1H3,(H,28,31)(H,29,30). The molecular weight excluding hydrogens is 468 g/mol. The van der Waals surface area contributed by atoms with Crippen molar-refractivity contribution in [2.75, 3.05) is 17.2 Å². The molecule has 0 bridgehead atoms. The molecule has 35 heavy (non-hydrogen) atoms. The first kappa shape index (κ1) is 24.4. The van der Waals surface area contributed by atoms with Crippen LogP contribution in [0.1, 0.15) is 27.9 Å². The van der Waals surface area contributed by atoms with Crippen molar-refractivity contribution in [1.29, 1.82) is 0 Å². The Morgan fingerprint density at radius 1 is 1.00 bits per heavy atom. The number of benzene rings is 3. The van der Waals surface area contributed by atoms with Crippen LogP contribution in [0.15, 0.2) is 77.7 Å². The fourth-order valence-corrected chi connectivity index (χ4v) is 4.59. The molecule has 2 amide bonds. The lowest BCUT2D eigenvalue weighted by atomic mass is 10.1. The van der Waals surface area contributed by atoms with Crippen LogP contribution in [0.5, 0.6) is 0 Å². The fourth-order valence-electron chi connectivity index (χ4n) is 3.55. The summed E-state index contributed by atoms with van der Waals surface area (Å²) in [5, 5.41) is 5.87. The van der Waals surface area contributed by atoms with Gasteiger partial charge in [0.15, 0.2) is 0 Å².